The lowest BCUT2D eigenvalue weighted by Gasteiger charge is -2.36. The van der Waals surface area contributed by atoms with Gasteiger partial charge in [0.25, 0.3) is 0 Å². The standard InChI is InChI=1S/C28H24O3/c1-16-8-22-11-23-14-28(13-16,15-24(22)23)25-12-20(6-7-26(25)29)18-2-3-19-10-21(27(30)31)5-4-17(19)9-18/h4-10,12,16,23-24,29H,11,13-15H2,1H3,(H,30,31). The number of hydrogen-bond donors (Lipinski definition) is 2. The maximum absolute atomic E-state index is 11.2. The number of rotatable bonds is 3. The third-order valence-electron chi connectivity index (χ3n) is 7.83. The van der Waals surface area contributed by atoms with Crippen molar-refractivity contribution < 1.29 is 15.0 Å². The van der Waals surface area contributed by atoms with Crippen LogP contribution in [0.1, 0.15) is 48.5 Å². The molecule has 0 spiro atoms. The summed E-state index contributed by atoms with van der Waals surface area (Å²) in [4.78, 5) is 11.2. The lowest BCUT2D eigenvalue weighted by atomic mass is 9.68. The highest BCUT2D eigenvalue weighted by molar-refractivity contribution is 5.94. The Morgan fingerprint density at radius 2 is 1.94 bits per heavy atom. The molecule has 3 aliphatic rings. The number of phenolic OH excluding ortho intramolecular Hbond substituents is 1. The Labute approximate surface area is 182 Å². The van der Waals surface area contributed by atoms with Gasteiger partial charge in [-0.2, -0.15) is 0 Å². The summed E-state index contributed by atoms with van der Waals surface area (Å²) in [5.41, 5.74) is 4.95. The zero-order valence-corrected chi connectivity index (χ0v) is 17.5. The molecule has 0 saturated heterocycles. The van der Waals surface area contributed by atoms with Gasteiger partial charge in [-0.05, 0) is 84.7 Å². The van der Waals surface area contributed by atoms with Gasteiger partial charge in [-0.1, -0.05) is 42.8 Å². The number of allylic oxidation sites excluding steroid dienone is 2. The highest BCUT2D eigenvalue weighted by atomic mass is 16.4. The summed E-state index contributed by atoms with van der Waals surface area (Å²) in [6.07, 6.45) is 7.13. The number of aromatic hydroxyl groups is 1. The lowest BCUT2D eigenvalue weighted by molar-refractivity contribution is 0.0697. The Balaban J connectivity index is 1.42. The molecule has 154 valence electrons. The van der Waals surface area contributed by atoms with Crippen LogP contribution in [-0.4, -0.2) is 16.2 Å². The van der Waals surface area contributed by atoms with E-state index >= 15 is 0 Å². The minimum Gasteiger partial charge on any atom is -0.508 e. The summed E-state index contributed by atoms with van der Waals surface area (Å²) in [5.74, 6) is 1.47. The van der Waals surface area contributed by atoms with Gasteiger partial charge in [0, 0.05) is 21.9 Å². The third kappa shape index (κ3) is 2.78. The van der Waals surface area contributed by atoms with Crippen LogP contribution in [0.3, 0.4) is 0 Å². The fraction of sp³-hybridized carbons (Fsp3) is 0.321. The number of fused-ring (bicyclic) bond motifs is 2. The van der Waals surface area contributed by atoms with Gasteiger partial charge in [-0.3, -0.25) is 0 Å². The quantitative estimate of drug-likeness (QED) is 0.512. The second-order valence-corrected chi connectivity index (χ2v) is 9.83. The van der Waals surface area contributed by atoms with Crippen molar-refractivity contribution in [3.63, 3.8) is 0 Å². The first kappa shape index (κ1) is 18.5. The van der Waals surface area contributed by atoms with Crippen molar-refractivity contribution in [3.8, 4) is 16.9 Å². The average Bonchev–Trinajstić information content (AvgIpc) is 2.97. The predicted molar refractivity (Wildman–Crippen MR) is 120 cm³/mol. The van der Waals surface area contributed by atoms with Gasteiger partial charge in [-0.25, -0.2) is 4.79 Å². The number of carboxylic acids is 1. The Kier molecular flexibility index (Phi) is 3.81. The molecule has 3 heteroatoms. The van der Waals surface area contributed by atoms with E-state index in [1.807, 2.05) is 24.3 Å². The summed E-state index contributed by atoms with van der Waals surface area (Å²) in [6.45, 7) is 2.31. The molecule has 3 nitrogen and oxygen atoms in total. The molecule has 3 aromatic rings. The van der Waals surface area contributed by atoms with Gasteiger partial charge in [-0.15, -0.1) is 0 Å². The summed E-state index contributed by atoms with van der Waals surface area (Å²) < 4.78 is 0. The van der Waals surface area contributed by atoms with Gasteiger partial charge in [0.15, 0.2) is 0 Å². The van der Waals surface area contributed by atoms with E-state index in [1.54, 1.807) is 17.7 Å². The molecule has 0 heterocycles. The molecule has 0 radical (unpaired) electrons. The fourth-order valence-electron chi connectivity index (χ4n) is 6.52. The first-order valence-corrected chi connectivity index (χ1v) is 11.1. The smallest absolute Gasteiger partial charge is 0.335 e. The third-order valence-corrected chi connectivity index (χ3v) is 7.83. The van der Waals surface area contributed by atoms with Crippen molar-refractivity contribution >= 4 is 16.7 Å². The molecule has 4 unspecified atom stereocenters. The van der Waals surface area contributed by atoms with E-state index in [-0.39, 0.29) is 11.0 Å². The molecule has 3 aliphatic carbocycles. The van der Waals surface area contributed by atoms with Gasteiger partial charge in [0.05, 0.1) is 5.56 Å². The van der Waals surface area contributed by atoms with Crippen molar-refractivity contribution in [2.24, 2.45) is 17.8 Å². The zero-order chi connectivity index (χ0) is 21.3. The minimum absolute atomic E-state index is 0.0422. The number of hydrogen-bond acceptors (Lipinski definition) is 2. The summed E-state index contributed by atoms with van der Waals surface area (Å²) >= 11 is 0. The predicted octanol–water partition coefficient (Wildman–Crippen LogP) is 6.14. The Hall–Kier alpha value is -3.25. The monoisotopic (exact) mass is 408 g/mol. The van der Waals surface area contributed by atoms with E-state index in [2.05, 4.69) is 31.2 Å². The molecule has 4 atom stereocenters. The van der Waals surface area contributed by atoms with Crippen LogP contribution in [0.25, 0.3) is 21.9 Å². The van der Waals surface area contributed by atoms with Crippen molar-refractivity contribution in [2.75, 3.05) is 0 Å². The van der Waals surface area contributed by atoms with Crippen LogP contribution in [0.5, 0.6) is 5.75 Å². The number of carboxylic acid groups (broad SMARTS) is 1. The van der Waals surface area contributed by atoms with Crippen molar-refractivity contribution in [3.05, 3.63) is 77.4 Å². The molecule has 31 heavy (non-hydrogen) atoms. The molecule has 0 amide bonds. The van der Waals surface area contributed by atoms with Gasteiger partial charge in [0.1, 0.15) is 5.75 Å². The Bertz CT molecular complexity index is 1270. The summed E-state index contributed by atoms with van der Waals surface area (Å²) in [7, 11) is 0. The second kappa shape index (κ2) is 6.37. The number of aromatic carboxylic acids is 1. The molecule has 3 aromatic carbocycles. The molecule has 6 rings (SSSR count). The first-order valence-electron chi connectivity index (χ1n) is 11.1. The number of benzene rings is 2. The molecule has 2 saturated carbocycles. The van der Waals surface area contributed by atoms with Crippen LogP contribution in [0.2, 0.25) is 0 Å². The van der Waals surface area contributed by atoms with Crippen molar-refractivity contribution in [1.29, 1.82) is 0 Å². The number of phenols is 1. The van der Waals surface area contributed by atoms with E-state index < -0.39 is 5.97 Å². The maximum atomic E-state index is 11.2. The lowest BCUT2D eigenvalue weighted by Crippen LogP contribution is -2.27. The van der Waals surface area contributed by atoms with Crippen LogP contribution in [0.15, 0.2) is 54.1 Å². The van der Waals surface area contributed by atoms with Gasteiger partial charge < -0.3 is 10.2 Å². The Morgan fingerprint density at radius 1 is 1.06 bits per heavy atom. The average molecular weight is 408 g/mol. The van der Waals surface area contributed by atoms with E-state index in [0.717, 1.165) is 46.2 Å². The Morgan fingerprint density at radius 3 is 2.77 bits per heavy atom. The SMILES string of the molecule is CC1C=C2CC3CC(c4cc(-c5c#cc6cc(C(=O)O)ccc6c5)ccc4O)(C1)CC23. The number of carbonyl (C=O) groups is 1. The zero-order valence-electron chi connectivity index (χ0n) is 17.5. The fourth-order valence-corrected chi connectivity index (χ4v) is 6.52. The van der Waals surface area contributed by atoms with Crippen LogP contribution >= 0.6 is 0 Å². The molecular formula is C28H24O3. The normalized spacial score (nSPS) is 28.4. The largest absolute Gasteiger partial charge is 0.508 e. The van der Waals surface area contributed by atoms with Crippen LogP contribution in [0.4, 0.5) is 0 Å². The molecule has 0 aliphatic heterocycles. The van der Waals surface area contributed by atoms with Crippen LogP contribution in [-0.2, 0) is 5.41 Å². The summed E-state index contributed by atoms with van der Waals surface area (Å²) in [6, 6.07) is 19.4. The van der Waals surface area contributed by atoms with Crippen molar-refractivity contribution in [1.82, 2.24) is 0 Å². The van der Waals surface area contributed by atoms with E-state index in [4.69, 9.17) is 0 Å². The molecular weight excluding hydrogens is 384 g/mol. The van der Waals surface area contributed by atoms with Gasteiger partial charge >= 0.3 is 5.97 Å². The van der Waals surface area contributed by atoms with Crippen molar-refractivity contribution in [2.45, 2.75) is 38.0 Å². The molecule has 2 fully saturated rings. The molecule has 2 bridgehead atoms. The summed E-state index contributed by atoms with van der Waals surface area (Å²) in [5, 5.41) is 21.8. The maximum Gasteiger partial charge on any atom is 0.335 e. The minimum atomic E-state index is -0.942. The topological polar surface area (TPSA) is 57.5 Å². The van der Waals surface area contributed by atoms with Gasteiger partial charge in [0.2, 0.25) is 0 Å². The van der Waals surface area contributed by atoms with E-state index in [1.165, 1.54) is 12.8 Å². The second-order valence-electron chi connectivity index (χ2n) is 9.83. The highest BCUT2D eigenvalue weighted by Gasteiger charge is 2.54. The first-order chi connectivity index (χ1) is 14.9. The van der Waals surface area contributed by atoms with E-state index in [9.17, 15) is 15.0 Å². The van der Waals surface area contributed by atoms with Crippen LogP contribution in [0, 0.1) is 29.9 Å². The van der Waals surface area contributed by atoms with E-state index in [0.29, 0.717) is 17.6 Å². The molecule has 0 aromatic heterocycles. The highest BCUT2D eigenvalue weighted by Crippen LogP contribution is 2.64. The molecule has 2 N–H and O–H groups in total. The van der Waals surface area contributed by atoms with Crippen LogP contribution < -0.4 is 0 Å².